The van der Waals surface area contributed by atoms with E-state index in [0.29, 0.717) is 0 Å². The van der Waals surface area contributed by atoms with Gasteiger partial charge in [0.2, 0.25) is 0 Å². The SMILES string of the molecule is C[SiH2]OCCc1cccc2ccccc12. The molecule has 0 bridgehead atoms. The molecular weight excluding hydrogens is 200 g/mol. The van der Waals surface area contributed by atoms with Gasteiger partial charge in [-0.1, -0.05) is 49.0 Å². The van der Waals surface area contributed by atoms with Crippen molar-refractivity contribution in [1.29, 1.82) is 0 Å². The fourth-order valence-corrected chi connectivity index (χ4v) is 2.27. The molecule has 78 valence electrons. The fourth-order valence-electron chi connectivity index (χ4n) is 1.84. The summed E-state index contributed by atoms with van der Waals surface area (Å²) >= 11 is 0. The Bertz CT molecular complexity index is 434. The Balaban J connectivity index is 2.26. The highest BCUT2D eigenvalue weighted by atomic mass is 28.2. The summed E-state index contributed by atoms with van der Waals surface area (Å²) in [4.78, 5) is 0. The van der Waals surface area contributed by atoms with Gasteiger partial charge in [-0.3, -0.25) is 0 Å². The molecule has 0 aromatic heterocycles. The van der Waals surface area contributed by atoms with E-state index in [9.17, 15) is 0 Å². The lowest BCUT2D eigenvalue weighted by Gasteiger charge is -2.06. The predicted octanol–water partition coefficient (Wildman–Crippen LogP) is 2.53. The summed E-state index contributed by atoms with van der Waals surface area (Å²) < 4.78 is 5.53. The van der Waals surface area contributed by atoms with Gasteiger partial charge in [-0.05, 0) is 22.8 Å². The molecule has 0 N–H and O–H groups in total. The molecule has 2 rings (SSSR count). The van der Waals surface area contributed by atoms with Gasteiger partial charge in [0, 0.05) is 6.61 Å². The van der Waals surface area contributed by atoms with E-state index in [0.717, 1.165) is 13.0 Å². The van der Waals surface area contributed by atoms with Crippen molar-refractivity contribution in [3.8, 4) is 0 Å². The summed E-state index contributed by atoms with van der Waals surface area (Å²) in [6.45, 7) is 3.04. The summed E-state index contributed by atoms with van der Waals surface area (Å²) in [5.41, 5.74) is 1.40. The van der Waals surface area contributed by atoms with Crippen LogP contribution in [0.25, 0.3) is 10.8 Å². The zero-order chi connectivity index (χ0) is 10.5. The van der Waals surface area contributed by atoms with Crippen LogP contribution in [0.3, 0.4) is 0 Å². The minimum Gasteiger partial charge on any atom is -0.424 e. The minimum atomic E-state index is -0.253. The first-order valence-electron chi connectivity index (χ1n) is 5.46. The molecule has 0 spiro atoms. The van der Waals surface area contributed by atoms with E-state index in [1.54, 1.807) is 0 Å². The normalized spacial score (nSPS) is 11.5. The van der Waals surface area contributed by atoms with E-state index in [2.05, 4.69) is 49.0 Å². The first-order chi connectivity index (χ1) is 7.42. The zero-order valence-electron chi connectivity index (χ0n) is 9.07. The maximum absolute atomic E-state index is 5.53. The second kappa shape index (κ2) is 5.10. The van der Waals surface area contributed by atoms with Crippen molar-refractivity contribution in [2.45, 2.75) is 13.0 Å². The van der Waals surface area contributed by atoms with Gasteiger partial charge < -0.3 is 4.43 Å². The molecule has 0 aliphatic heterocycles. The molecule has 2 aromatic carbocycles. The van der Waals surface area contributed by atoms with Crippen molar-refractivity contribution < 1.29 is 4.43 Å². The van der Waals surface area contributed by atoms with Crippen molar-refractivity contribution in [1.82, 2.24) is 0 Å². The fraction of sp³-hybridized carbons (Fsp3) is 0.231. The van der Waals surface area contributed by atoms with E-state index in [4.69, 9.17) is 4.43 Å². The molecule has 15 heavy (non-hydrogen) atoms. The highest BCUT2D eigenvalue weighted by molar-refractivity contribution is 6.24. The highest BCUT2D eigenvalue weighted by Crippen LogP contribution is 2.18. The van der Waals surface area contributed by atoms with Crippen molar-refractivity contribution in [3.05, 3.63) is 48.0 Å². The van der Waals surface area contributed by atoms with Gasteiger partial charge in [0.25, 0.3) is 0 Å². The molecule has 0 aliphatic carbocycles. The van der Waals surface area contributed by atoms with Gasteiger partial charge in [-0.2, -0.15) is 0 Å². The van der Waals surface area contributed by atoms with E-state index in [-0.39, 0.29) is 9.76 Å². The van der Waals surface area contributed by atoms with Crippen LogP contribution in [-0.2, 0) is 10.8 Å². The number of hydrogen-bond donors (Lipinski definition) is 0. The van der Waals surface area contributed by atoms with E-state index >= 15 is 0 Å². The van der Waals surface area contributed by atoms with Crippen molar-refractivity contribution >= 4 is 20.5 Å². The van der Waals surface area contributed by atoms with Gasteiger partial charge in [-0.25, -0.2) is 0 Å². The minimum absolute atomic E-state index is 0.253. The van der Waals surface area contributed by atoms with Gasteiger partial charge >= 0.3 is 0 Å². The van der Waals surface area contributed by atoms with E-state index < -0.39 is 0 Å². The lowest BCUT2D eigenvalue weighted by atomic mass is 10.0. The zero-order valence-corrected chi connectivity index (χ0v) is 10.5. The Morgan fingerprint density at radius 1 is 1.07 bits per heavy atom. The second-order valence-corrected chi connectivity index (χ2v) is 4.57. The Kier molecular flexibility index (Phi) is 3.53. The van der Waals surface area contributed by atoms with E-state index in [1.165, 1.54) is 16.3 Å². The van der Waals surface area contributed by atoms with Crippen LogP contribution in [0, 0.1) is 0 Å². The molecule has 0 unspecified atom stereocenters. The summed E-state index contributed by atoms with van der Waals surface area (Å²) in [7, 11) is -0.253. The molecule has 0 radical (unpaired) electrons. The average molecular weight is 216 g/mol. The maximum Gasteiger partial charge on any atom is 0.158 e. The van der Waals surface area contributed by atoms with Crippen molar-refractivity contribution in [2.24, 2.45) is 0 Å². The van der Waals surface area contributed by atoms with Crippen LogP contribution >= 0.6 is 0 Å². The second-order valence-electron chi connectivity index (χ2n) is 3.59. The Labute approximate surface area is 93.0 Å². The lowest BCUT2D eigenvalue weighted by molar-refractivity contribution is 0.344. The number of fused-ring (bicyclic) bond motifs is 1. The smallest absolute Gasteiger partial charge is 0.158 e. The molecule has 0 heterocycles. The standard InChI is InChI=1S/C13H16OSi/c1-15-14-10-9-12-7-4-6-11-5-2-3-8-13(11)12/h2-8H,9-10,15H2,1H3. The Morgan fingerprint density at radius 2 is 1.87 bits per heavy atom. The third-order valence-corrected chi connectivity index (χ3v) is 3.30. The highest BCUT2D eigenvalue weighted by Gasteiger charge is 1.99. The number of benzene rings is 2. The van der Waals surface area contributed by atoms with Crippen LogP contribution < -0.4 is 0 Å². The maximum atomic E-state index is 5.53. The summed E-state index contributed by atoms with van der Waals surface area (Å²) in [5.74, 6) is 0. The number of rotatable bonds is 4. The summed E-state index contributed by atoms with van der Waals surface area (Å²) in [6, 6.07) is 15.0. The average Bonchev–Trinajstić information content (AvgIpc) is 2.30. The molecule has 0 saturated heterocycles. The van der Waals surface area contributed by atoms with Gasteiger partial charge in [0.15, 0.2) is 9.76 Å². The Hall–Kier alpha value is -1.12. The van der Waals surface area contributed by atoms with Crippen molar-refractivity contribution in [3.63, 3.8) is 0 Å². The molecule has 0 atom stereocenters. The van der Waals surface area contributed by atoms with Gasteiger partial charge in [0.1, 0.15) is 0 Å². The summed E-state index contributed by atoms with van der Waals surface area (Å²) in [5, 5.41) is 2.69. The van der Waals surface area contributed by atoms with Crippen LogP contribution in [0.1, 0.15) is 5.56 Å². The quantitative estimate of drug-likeness (QED) is 0.564. The first kappa shape index (κ1) is 10.4. The van der Waals surface area contributed by atoms with Crippen LogP contribution in [0.5, 0.6) is 0 Å². The third-order valence-electron chi connectivity index (χ3n) is 2.60. The lowest BCUT2D eigenvalue weighted by Crippen LogP contribution is -2.00. The van der Waals surface area contributed by atoms with Crippen LogP contribution in [0.2, 0.25) is 6.55 Å². The van der Waals surface area contributed by atoms with E-state index in [1.807, 2.05) is 0 Å². The molecule has 2 aromatic rings. The third kappa shape index (κ3) is 2.46. The number of hydrogen-bond acceptors (Lipinski definition) is 1. The molecular formula is C13H16OSi. The molecule has 0 aliphatic rings. The van der Waals surface area contributed by atoms with Gasteiger partial charge in [-0.15, -0.1) is 0 Å². The Morgan fingerprint density at radius 3 is 2.73 bits per heavy atom. The summed E-state index contributed by atoms with van der Waals surface area (Å²) in [6.07, 6.45) is 1.03. The molecule has 0 fully saturated rings. The molecule has 0 amide bonds. The van der Waals surface area contributed by atoms with Crippen LogP contribution in [0.15, 0.2) is 42.5 Å². The monoisotopic (exact) mass is 216 g/mol. The van der Waals surface area contributed by atoms with Crippen LogP contribution in [-0.4, -0.2) is 16.4 Å². The van der Waals surface area contributed by atoms with Crippen LogP contribution in [0.4, 0.5) is 0 Å². The molecule has 2 heteroatoms. The predicted molar refractivity (Wildman–Crippen MR) is 68.0 cm³/mol. The topological polar surface area (TPSA) is 9.23 Å². The molecule has 0 saturated carbocycles. The molecule has 1 nitrogen and oxygen atoms in total. The van der Waals surface area contributed by atoms with Crippen molar-refractivity contribution in [2.75, 3.05) is 6.61 Å². The van der Waals surface area contributed by atoms with Gasteiger partial charge in [0.05, 0.1) is 0 Å². The largest absolute Gasteiger partial charge is 0.424 e. The first-order valence-corrected chi connectivity index (χ1v) is 7.45.